The first-order valence-electron chi connectivity index (χ1n) is 7.92. The van der Waals surface area contributed by atoms with Crippen LogP contribution >= 0.6 is 0 Å². The second kappa shape index (κ2) is 8.11. The van der Waals surface area contributed by atoms with Gasteiger partial charge in [0.05, 0.1) is 23.3 Å². The van der Waals surface area contributed by atoms with E-state index in [0.717, 1.165) is 22.3 Å². The van der Waals surface area contributed by atoms with Gasteiger partial charge in [0.1, 0.15) is 12.2 Å². The molecule has 25 heavy (non-hydrogen) atoms. The predicted octanol–water partition coefficient (Wildman–Crippen LogP) is 5.26. The summed E-state index contributed by atoms with van der Waals surface area (Å²) in [5, 5.41) is 18.6. The number of nitriles is 2. The highest BCUT2D eigenvalue weighted by Gasteiger charge is 2.24. The molecule has 0 aliphatic carbocycles. The molecule has 2 atom stereocenters. The van der Waals surface area contributed by atoms with Crippen molar-refractivity contribution in [3.63, 3.8) is 0 Å². The van der Waals surface area contributed by atoms with Crippen LogP contribution in [0, 0.1) is 36.5 Å². The minimum Gasteiger partial charge on any atom is -0.355 e. The highest BCUT2D eigenvalue weighted by Crippen LogP contribution is 2.34. The Labute approximate surface area is 149 Å². The number of hydrogen-bond donors (Lipinski definition) is 0. The summed E-state index contributed by atoms with van der Waals surface area (Å²) < 4.78 is 6.16. The Balaban J connectivity index is 2.42. The first kappa shape index (κ1) is 18.2. The van der Waals surface area contributed by atoms with Gasteiger partial charge in [-0.1, -0.05) is 72.8 Å². The number of benzene rings is 2. The van der Waals surface area contributed by atoms with Gasteiger partial charge < -0.3 is 4.74 Å². The molecular weight excluding hydrogens is 308 g/mol. The van der Waals surface area contributed by atoms with E-state index in [0.29, 0.717) is 0 Å². The van der Waals surface area contributed by atoms with Crippen molar-refractivity contribution in [2.45, 2.75) is 26.1 Å². The van der Waals surface area contributed by atoms with Crippen molar-refractivity contribution >= 4 is 0 Å². The van der Waals surface area contributed by atoms with Crippen LogP contribution in [0.15, 0.2) is 72.8 Å². The van der Waals surface area contributed by atoms with Crippen LogP contribution in [0.4, 0.5) is 0 Å². The lowest BCUT2D eigenvalue weighted by molar-refractivity contribution is 0.0315. The lowest BCUT2D eigenvalue weighted by Crippen LogP contribution is -2.13. The summed E-state index contributed by atoms with van der Waals surface area (Å²) in [4.78, 5) is 0. The zero-order chi connectivity index (χ0) is 18.4. The average molecular weight is 328 g/mol. The second-order valence-corrected chi connectivity index (χ2v) is 5.99. The van der Waals surface area contributed by atoms with E-state index in [-0.39, 0.29) is 11.1 Å². The van der Waals surface area contributed by atoms with Crippen LogP contribution in [0.2, 0.25) is 0 Å². The van der Waals surface area contributed by atoms with E-state index in [2.05, 4.69) is 25.3 Å². The molecule has 0 spiro atoms. The van der Waals surface area contributed by atoms with E-state index in [1.54, 1.807) is 0 Å². The van der Waals surface area contributed by atoms with Crippen LogP contribution in [0.25, 0.3) is 0 Å². The van der Waals surface area contributed by atoms with Crippen LogP contribution in [0.5, 0.6) is 0 Å². The lowest BCUT2D eigenvalue weighted by atomic mass is 9.99. The fraction of sp³-hybridized carbons (Fsp3) is 0.182. The van der Waals surface area contributed by atoms with Crippen LogP contribution in [-0.2, 0) is 4.74 Å². The summed E-state index contributed by atoms with van der Waals surface area (Å²) >= 11 is 0. The van der Waals surface area contributed by atoms with Crippen molar-refractivity contribution in [2.75, 3.05) is 0 Å². The average Bonchev–Trinajstić information content (AvgIpc) is 2.63. The van der Waals surface area contributed by atoms with E-state index in [1.807, 2.05) is 62.4 Å². The van der Waals surface area contributed by atoms with Gasteiger partial charge in [-0.15, -0.1) is 0 Å². The number of hydrogen-bond acceptors (Lipinski definition) is 3. The highest BCUT2D eigenvalue weighted by atomic mass is 16.5. The van der Waals surface area contributed by atoms with Gasteiger partial charge in [0.15, 0.2) is 0 Å². The Morgan fingerprint density at radius 2 is 1.08 bits per heavy atom. The zero-order valence-corrected chi connectivity index (χ0v) is 14.5. The van der Waals surface area contributed by atoms with E-state index >= 15 is 0 Å². The largest absolute Gasteiger partial charge is 0.355 e. The van der Waals surface area contributed by atoms with Crippen molar-refractivity contribution in [1.29, 1.82) is 10.5 Å². The second-order valence-electron chi connectivity index (χ2n) is 5.99. The Morgan fingerprint density at radius 1 is 0.760 bits per heavy atom. The molecule has 3 nitrogen and oxygen atoms in total. The van der Waals surface area contributed by atoms with E-state index in [4.69, 9.17) is 4.74 Å². The maximum Gasteiger partial charge on any atom is 0.118 e. The van der Waals surface area contributed by atoms with Crippen LogP contribution in [0.3, 0.4) is 0 Å². The molecule has 0 aliphatic heterocycles. The van der Waals surface area contributed by atoms with Gasteiger partial charge in [0.2, 0.25) is 0 Å². The minimum atomic E-state index is -0.637. The van der Waals surface area contributed by atoms with Crippen molar-refractivity contribution in [2.24, 2.45) is 0 Å². The third kappa shape index (κ3) is 4.44. The topological polar surface area (TPSA) is 56.8 Å². The van der Waals surface area contributed by atoms with Gasteiger partial charge in [0, 0.05) is 0 Å². The third-order valence-electron chi connectivity index (χ3n) is 3.95. The molecule has 0 bridgehead atoms. The molecule has 124 valence electrons. The Hall–Kier alpha value is -3.14. The minimum absolute atomic E-state index is 0.284. The molecular formula is C22H20N2O. The first-order valence-corrected chi connectivity index (χ1v) is 7.92. The number of nitrogens with zero attached hydrogens (tertiary/aromatic N) is 2. The SMILES string of the molecule is C=C(C#N)[C@@H](O[C@H](C(=C)C#N)c1ccc(C)cc1)c1ccc(C)cc1. The molecule has 0 amide bonds. The van der Waals surface area contributed by atoms with E-state index in [9.17, 15) is 10.5 Å². The monoisotopic (exact) mass is 328 g/mol. The standard InChI is InChI=1S/C22H20N2O/c1-15-5-9-19(10-6-15)21(17(3)13-23)25-22(18(4)14-24)20-11-7-16(2)8-12-20/h5-12,21-22H,3-4H2,1-2H3/t21-,22-/m1/s1. The van der Waals surface area contributed by atoms with Gasteiger partial charge in [0.25, 0.3) is 0 Å². The van der Waals surface area contributed by atoms with E-state index in [1.165, 1.54) is 0 Å². The summed E-state index contributed by atoms with van der Waals surface area (Å²) in [6, 6.07) is 19.6. The fourth-order valence-corrected chi connectivity index (χ4v) is 2.46. The lowest BCUT2D eigenvalue weighted by Gasteiger charge is -2.24. The summed E-state index contributed by atoms with van der Waals surface area (Å²) in [5.74, 6) is 0. The van der Waals surface area contributed by atoms with Crippen LogP contribution < -0.4 is 0 Å². The molecule has 0 saturated carbocycles. The molecule has 0 aliphatic rings. The smallest absolute Gasteiger partial charge is 0.118 e. The molecule has 0 aromatic heterocycles. The quantitative estimate of drug-likeness (QED) is 0.679. The molecule has 2 rings (SSSR count). The Morgan fingerprint density at radius 3 is 1.36 bits per heavy atom. The van der Waals surface area contributed by atoms with Crippen LogP contribution in [0.1, 0.15) is 34.5 Å². The van der Waals surface area contributed by atoms with E-state index < -0.39 is 12.2 Å². The first-order chi connectivity index (χ1) is 12.0. The normalized spacial score (nSPS) is 12.5. The zero-order valence-electron chi connectivity index (χ0n) is 14.5. The van der Waals surface area contributed by atoms with Crippen LogP contribution in [-0.4, -0.2) is 0 Å². The fourth-order valence-electron chi connectivity index (χ4n) is 2.46. The van der Waals surface area contributed by atoms with Gasteiger partial charge in [-0.3, -0.25) is 0 Å². The molecule has 2 aromatic rings. The Kier molecular flexibility index (Phi) is 5.90. The maximum atomic E-state index is 9.32. The molecule has 0 saturated heterocycles. The molecule has 0 N–H and O–H groups in total. The highest BCUT2D eigenvalue weighted by molar-refractivity contribution is 5.37. The molecule has 0 unspecified atom stereocenters. The van der Waals surface area contributed by atoms with Gasteiger partial charge >= 0.3 is 0 Å². The summed E-state index contributed by atoms with van der Waals surface area (Å²) in [6.07, 6.45) is -1.27. The Bertz CT molecular complexity index is 775. The van der Waals surface area contributed by atoms with Gasteiger partial charge in [-0.05, 0) is 25.0 Å². The van der Waals surface area contributed by atoms with Crippen molar-refractivity contribution in [1.82, 2.24) is 0 Å². The molecule has 3 heteroatoms. The van der Waals surface area contributed by atoms with Crippen molar-refractivity contribution in [3.05, 3.63) is 95.1 Å². The number of rotatable bonds is 6. The number of ether oxygens (including phenoxy) is 1. The molecule has 0 fully saturated rings. The van der Waals surface area contributed by atoms with Gasteiger partial charge in [-0.25, -0.2) is 0 Å². The molecule has 2 aromatic carbocycles. The van der Waals surface area contributed by atoms with Gasteiger partial charge in [-0.2, -0.15) is 10.5 Å². The summed E-state index contributed by atoms with van der Waals surface area (Å²) in [6.45, 7) is 11.6. The number of aryl methyl sites for hydroxylation is 2. The molecule has 0 radical (unpaired) electrons. The predicted molar refractivity (Wildman–Crippen MR) is 98.4 cm³/mol. The third-order valence-corrected chi connectivity index (χ3v) is 3.95. The van der Waals surface area contributed by atoms with Crippen molar-refractivity contribution in [3.8, 4) is 12.1 Å². The summed E-state index contributed by atoms with van der Waals surface area (Å²) in [5.41, 5.74) is 4.43. The summed E-state index contributed by atoms with van der Waals surface area (Å²) in [7, 11) is 0. The van der Waals surface area contributed by atoms with Crippen molar-refractivity contribution < 1.29 is 4.74 Å². The maximum absolute atomic E-state index is 9.32. The molecule has 0 heterocycles.